The summed E-state index contributed by atoms with van der Waals surface area (Å²) in [5, 5.41) is 4.27. The summed E-state index contributed by atoms with van der Waals surface area (Å²) in [5.74, 6) is 0.0219. The molecule has 1 aliphatic rings. The van der Waals surface area contributed by atoms with Crippen LogP contribution < -0.4 is 0 Å². The number of aromatic nitrogens is 2. The van der Waals surface area contributed by atoms with E-state index in [1.54, 1.807) is 4.68 Å². The summed E-state index contributed by atoms with van der Waals surface area (Å²) in [6, 6.07) is 0. The molecule has 2 rings (SSSR count). The molecule has 0 N–H and O–H groups in total. The van der Waals surface area contributed by atoms with E-state index >= 15 is 0 Å². The molecular weight excluding hydrogens is 284 g/mol. The van der Waals surface area contributed by atoms with Gasteiger partial charge in [-0.3, -0.25) is 9.48 Å². The SMILES string of the molecule is Cc1c(Br)c(C(=O)N2CCN(C)CC2)nn1C. The second kappa shape index (κ2) is 4.78. The number of aryl methyl sites for hydroxylation is 1. The Morgan fingerprint density at radius 3 is 2.29 bits per heavy atom. The monoisotopic (exact) mass is 300 g/mol. The molecule has 2 heterocycles. The number of nitrogens with zero attached hydrogens (tertiary/aromatic N) is 4. The fourth-order valence-corrected chi connectivity index (χ4v) is 2.38. The molecule has 1 aromatic rings. The number of rotatable bonds is 1. The maximum absolute atomic E-state index is 12.3. The van der Waals surface area contributed by atoms with Crippen LogP contribution in [-0.2, 0) is 7.05 Å². The van der Waals surface area contributed by atoms with Crippen LogP contribution in [0.15, 0.2) is 4.47 Å². The molecule has 1 saturated heterocycles. The van der Waals surface area contributed by atoms with Gasteiger partial charge in [-0.15, -0.1) is 0 Å². The van der Waals surface area contributed by atoms with Gasteiger partial charge in [0.05, 0.1) is 10.2 Å². The maximum Gasteiger partial charge on any atom is 0.275 e. The van der Waals surface area contributed by atoms with E-state index in [0.29, 0.717) is 5.69 Å². The number of hydrogen-bond donors (Lipinski definition) is 0. The zero-order valence-corrected chi connectivity index (χ0v) is 12.0. The number of amides is 1. The Bertz CT molecular complexity index is 435. The highest BCUT2D eigenvalue weighted by atomic mass is 79.9. The van der Waals surface area contributed by atoms with Crippen molar-refractivity contribution in [2.75, 3.05) is 33.2 Å². The highest BCUT2D eigenvalue weighted by Crippen LogP contribution is 2.21. The third-order valence-electron chi connectivity index (χ3n) is 3.25. The van der Waals surface area contributed by atoms with Crippen molar-refractivity contribution in [1.82, 2.24) is 19.6 Å². The summed E-state index contributed by atoms with van der Waals surface area (Å²) in [4.78, 5) is 16.4. The van der Waals surface area contributed by atoms with Gasteiger partial charge < -0.3 is 9.80 Å². The van der Waals surface area contributed by atoms with E-state index < -0.39 is 0 Å². The number of hydrogen-bond acceptors (Lipinski definition) is 3. The number of likely N-dealkylation sites (N-methyl/N-ethyl adjacent to an activating group) is 1. The molecular formula is C11H17BrN4O. The van der Waals surface area contributed by atoms with E-state index in [9.17, 15) is 4.79 Å². The number of piperazine rings is 1. The highest BCUT2D eigenvalue weighted by Gasteiger charge is 2.25. The molecule has 0 radical (unpaired) electrons. The molecule has 1 amide bonds. The van der Waals surface area contributed by atoms with Crippen LogP contribution in [0.1, 0.15) is 16.2 Å². The predicted octanol–water partition coefficient (Wildman–Crippen LogP) is 0.879. The minimum Gasteiger partial charge on any atom is -0.335 e. The Labute approximate surface area is 110 Å². The summed E-state index contributed by atoms with van der Waals surface area (Å²) in [6.07, 6.45) is 0. The van der Waals surface area contributed by atoms with Gasteiger partial charge in [0.2, 0.25) is 0 Å². The first-order chi connectivity index (χ1) is 8.00. The zero-order valence-electron chi connectivity index (χ0n) is 10.4. The second-order valence-corrected chi connectivity index (χ2v) is 5.26. The number of carbonyl (C=O) groups is 1. The number of halogens is 1. The lowest BCUT2D eigenvalue weighted by Crippen LogP contribution is -2.47. The van der Waals surface area contributed by atoms with Crippen LogP contribution in [0.4, 0.5) is 0 Å². The Morgan fingerprint density at radius 2 is 1.82 bits per heavy atom. The van der Waals surface area contributed by atoms with E-state index in [4.69, 9.17) is 0 Å². The lowest BCUT2D eigenvalue weighted by Gasteiger charge is -2.32. The van der Waals surface area contributed by atoms with Gasteiger partial charge in [0.15, 0.2) is 5.69 Å². The van der Waals surface area contributed by atoms with Crippen molar-refractivity contribution in [3.05, 3.63) is 15.9 Å². The van der Waals surface area contributed by atoms with Gasteiger partial charge in [-0.05, 0) is 29.9 Å². The third kappa shape index (κ3) is 2.37. The summed E-state index contributed by atoms with van der Waals surface area (Å²) >= 11 is 3.44. The van der Waals surface area contributed by atoms with Crippen LogP contribution in [0.25, 0.3) is 0 Å². The molecule has 0 atom stereocenters. The third-order valence-corrected chi connectivity index (χ3v) is 4.20. The zero-order chi connectivity index (χ0) is 12.6. The van der Waals surface area contributed by atoms with Gasteiger partial charge in [-0.2, -0.15) is 5.10 Å². The van der Waals surface area contributed by atoms with Crippen LogP contribution >= 0.6 is 15.9 Å². The Morgan fingerprint density at radius 1 is 1.24 bits per heavy atom. The van der Waals surface area contributed by atoms with Gasteiger partial charge in [-0.25, -0.2) is 0 Å². The van der Waals surface area contributed by atoms with E-state index in [0.717, 1.165) is 36.3 Å². The summed E-state index contributed by atoms with van der Waals surface area (Å²) in [5.41, 5.74) is 1.50. The minimum atomic E-state index is 0.0219. The first-order valence-corrected chi connectivity index (χ1v) is 6.47. The first-order valence-electron chi connectivity index (χ1n) is 5.67. The van der Waals surface area contributed by atoms with Gasteiger partial charge in [0.25, 0.3) is 5.91 Å². The van der Waals surface area contributed by atoms with Gasteiger partial charge >= 0.3 is 0 Å². The second-order valence-electron chi connectivity index (χ2n) is 4.47. The van der Waals surface area contributed by atoms with Gasteiger partial charge in [-0.1, -0.05) is 0 Å². The Kier molecular flexibility index (Phi) is 3.53. The molecule has 0 bridgehead atoms. The van der Waals surface area contributed by atoms with E-state index in [2.05, 4.69) is 33.0 Å². The minimum absolute atomic E-state index is 0.0219. The normalized spacial score (nSPS) is 17.5. The van der Waals surface area contributed by atoms with Crippen LogP contribution in [0.2, 0.25) is 0 Å². The Hall–Kier alpha value is -0.880. The highest BCUT2D eigenvalue weighted by molar-refractivity contribution is 9.10. The van der Waals surface area contributed by atoms with E-state index in [1.807, 2.05) is 18.9 Å². The van der Waals surface area contributed by atoms with Crippen molar-refractivity contribution in [3.63, 3.8) is 0 Å². The molecule has 1 aromatic heterocycles. The lowest BCUT2D eigenvalue weighted by molar-refractivity contribution is 0.0656. The van der Waals surface area contributed by atoms with Crippen LogP contribution in [-0.4, -0.2) is 58.7 Å². The van der Waals surface area contributed by atoms with Crippen molar-refractivity contribution in [2.45, 2.75) is 6.92 Å². The smallest absolute Gasteiger partial charge is 0.275 e. The molecule has 1 aliphatic heterocycles. The summed E-state index contributed by atoms with van der Waals surface area (Å²) in [7, 11) is 3.92. The quantitative estimate of drug-likeness (QED) is 0.773. The van der Waals surface area contributed by atoms with Crippen molar-refractivity contribution in [1.29, 1.82) is 0 Å². The fourth-order valence-electron chi connectivity index (χ4n) is 1.88. The van der Waals surface area contributed by atoms with Crippen LogP contribution in [0, 0.1) is 6.92 Å². The van der Waals surface area contributed by atoms with E-state index in [-0.39, 0.29) is 5.91 Å². The van der Waals surface area contributed by atoms with Crippen molar-refractivity contribution in [2.24, 2.45) is 7.05 Å². The molecule has 0 saturated carbocycles. The Balaban J connectivity index is 2.17. The maximum atomic E-state index is 12.3. The van der Waals surface area contributed by atoms with Crippen LogP contribution in [0.5, 0.6) is 0 Å². The number of carbonyl (C=O) groups excluding carboxylic acids is 1. The molecule has 17 heavy (non-hydrogen) atoms. The molecule has 0 spiro atoms. The molecule has 0 unspecified atom stereocenters. The van der Waals surface area contributed by atoms with Crippen molar-refractivity contribution >= 4 is 21.8 Å². The standard InChI is InChI=1S/C11H17BrN4O/c1-8-9(12)10(13-15(8)3)11(17)16-6-4-14(2)5-7-16/h4-7H2,1-3H3. The van der Waals surface area contributed by atoms with Gasteiger partial charge in [0, 0.05) is 33.2 Å². The van der Waals surface area contributed by atoms with E-state index in [1.165, 1.54) is 0 Å². The molecule has 6 heteroatoms. The topological polar surface area (TPSA) is 41.4 Å². The van der Waals surface area contributed by atoms with Crippen molar-refractivity contribution < 1.29 is 4.79 Å². The lowest BCUT2D eigenvalue weighted by atomic mass is 10.3. The molecule has 5 nitrogen and oxygen atoms in total. The predicted molar refractivity (Wildman–Crippen MR) is 69.0 cm³/mol. The fraction of sp³-hybridized carbons (Fsp3) is 0.636. The van der Waals surface area contributed by atoms with Crippen molar-refractivity contribution in [3.8, 4) is 0 Å². The summed E-state index contributed by atoms with van der Waals surface area (Å²) < 4.78 is 2.54. The first kappa shape index (κ1) is 12.6. The molecule has 94 valence electrons. The largest absolute Gasteiger partial charge is 0.335 e. The molecule has 0 aromatic carbocycles. The van der Waals surface area contributed by atoms with Crippen LogP contribution in [0.3, 0.4) is 0 Å². The summed E-state index contributed by atoms with van der Waals surface area (Å²) in [6.45, 7) is 5.34. The van der Waals surface area contributed by atoms with Gasteiger partial charge in [0.1, 0.15) is 0 Å². The average Bonchev–Trinajstić information content (AvgIpc) is 2.57. The molecule has 0 aliphatic carbocycles. The molecule has 1 fully saturated rings. The average molecular weight is 301 g/mol.